The molecule has 0 unspecified atom stereocenters. The first-order valence-corrected chi connectivity index (χ1v) is 6.39. The lowest BCUT2D eigenvalue weighted by molar-refractivity contribution is 0.0950. The summed E-state index contributed by atoms with van der Waals surface area (Å²) in [4.78, 5) is 16.0. The Hall–Kier alpha value is -1.69. The Morgan fingerprint density at radius 1 is 1.56 bits per heavy atom. The number of amides is 1. The summed E-state index contributed by atoms with van der Waals surface area (Å²) < 4.78 is 2.66. The Labute approximate surface area is 113 Å². The third-order valence-corrected chi connectivity index (χ3v) is 2.92. The van der Waals surface area contributed by atoms with E-state index in [9.17, 15) is 4.79 Å². The lowest BCUT2D eigenvalue weighted by Gasteiger charge is -2.03. The maximum atomic E-state index is 11.8. The van der Waals surface area contributed by atoms with Gasteiger partial charge in [0.05, 0.1) is 24.0 Å². The van der Waals surface area contributed by atoms with Crippen LogP contribution < -0.4 is 5.32 Å². The van der Waals surface area contributed by atoms with Gasteiger partial charge in [0.25, 0.3) is 5.91 Å². The van der Waals surface area contributed by atoms with Crippen molar-refractivity contribution in [3.8, 4) is 0 Å². The Bertz CT molecular complexity index is 553. The van der Waals surface area contributed by atoms with Gasteiger partial charge in [-0.15, -0.1) is 0 Å². The van der Waals surface area contributed by atoms with Gasteiger partial charge in [0.1, 0.15) is 0 Å². The normalized spacial score (nSPS) is 10.3. The Morgan fingerprint density at radius 2 is 2.39 bits per heavy atom. The molecule has 2 heterocycles. The van der Waals surface area contributed by atoms with Crippen molar-refractivity contribution in [1.82, 2.24) is 20.1 Å². The number of nitrogens with one attached hydrogen (secondary N) is 1. The monoisotopic (exact) mass is 308 g/mol. The topological polar surface area (TPSA) is 59.8 Å². The molecular weight excluding hydrogens is 296 g/mol. The molecule has 5 nitrogen and oxygen atoms in total. The standard InChI is InChI=1S/C12H13BrN4O/c1-2-17-8-9(6-16-17)12(18)15-7-11-5-10(13)3-4-14-11/h3-6,8H,2,7H2,1H3,(H,15,18). The van der Waals surface area contributed by atoms with Crippen molar-refractivity contribution in [3.63, 3.8) is 0 Å². The van der Waals surface area contributed by atoms with Gasteiger partial charge in [0.2, 0.25) is 0 Å². The number of pyridine rings is 1. The smallest absolute Gasteiger partial charge is 0.254 e. The Balaban J connectivity index is 1.96. The highest BCUT2D eigenvalue weighted by molar-refractivity contribution is 9.10. The molecule has 0 saturated carbocycles. The quantitative estimate of drug-likeness (QED) is 0.939. The number of carbonyl (C=O) groups is 1. The van der Waals surface area contributed by atoms with Crippen LogP contribution in [0.2, 0.25) is 0 Å². The zero-order valence-corrected chi connectivity index (χ0v) is 11.5. The average Bonchev–Trinajstić information content (AvgIpc) is 2.85. The van der Waals surface area contributed by atoms with Gasteiger partial charge in [-0.25, -0.2) is 0 Å². The van der Waals surface area contributed by atoms with E-state index in [0.29, 0.717) is 12.1 Å². The molecule has 2 rings (SSSR count). The first-order chi connectivity index (χ1) is 8.69. The minimum atomic E-state index is -0.142. The van der Waals surface area contributed by atoms with Crippen molar-refractivity contribution in [3.05, 3.63) is 46.5 Å². The van der Waals surface area contributed by atoms with E-state index in [2.05, 4.69) is 31.3 Å². The van der Waals surface area contributed by atoms with E-state index in [4.69, 9.17) is 0 Å². The maximum Gasteiger partial charge on any atom is 0.254 e. The average molecular weight is 309 g/mol. The summed E-state index contributed by atoms with van der Waals surface area (Å²) in [5.74, 6) is -0.142. The van der Waals surface area contributed by atoms with E-state index in [1.54, 1.807) is 23.3 Å². The van der Waals surface area contributed by atoms with Gasteiger partial charge < -0.3 is 5.32 Å². The van der Waals surface area contributed by atoms with Crippen LogP contribution in [0, 0.1) is 0 Å². The Morgan fingerprint density at radius 3 is 3.06 bits per heavy atom. The fourth-order valence-electron chi connectivity index (χ4n) is 1.47. The Kier molecular flexibility index (Phi) is 4.09. The molecular formula is C12H13BrN4O. The number of hydrogen-bond acceptors (Lipinski definition) is 3. The second-order valence-corrected chi connectivity index (χ2v) is 4.65. The van der Waals surface area contributed by atoms with Crippen LogP contribution >= 0.6 is 15.9 Å². The zero-order valence-electron chi connectivity index (χ0n) is 9.93. The van der Waals surface area contributed by atoms with Crippen molar-refractivity contribution in [2.24, 2.45) is 0 Å². The van der Waals surface area contributed by atoms with Crippen molar-refractivity contribution >= 4 is 21.8 Å². The summed E-state index contributed by atoms with van der Waals surface area (Å²) in [6.45, 7) is 3.12. The van der Waals surface area contributed by atoms with E-state index < -0.39 is 0 Å². The molecule has 0 radical (unpaired) electrons. The summed E-state index contributed by atoms with van der Waals surface area (Å²) >= 11 is 3.36. The molecule has 1 N–H and O–H groups in total. The van der Waals surface area contributed by atoms with Crippen LogP contribution in [0.4, 0.5) is 0 Å². The SMILES string of the molecule is CCn1cc(C(=O)NCc2cc(Br)ccn2)cn1. The number of nitrogens with zero attached hydrogens (tertiary/aromatic N) is 3. The number of carbonyl (C=O) groups excluding carboxylic acids is 1. The van der Waals surface area contributed by atoms with E-state index in [0.717, 1.165) is 16.7 Å². The maximum absolute atomic E-state index is 11.8. The fourth-order valence-corrected chi connectivity index (χ4v) is 1.85. The van der Waals surface area contributed by atoms with Crippen LogP contribution in [0.1, 0.15) is 23.0 Å². The van der Waals surface area contributed by atoms with Gasteiger partial charge in [-0.3, -0.25) is 14.5 Å². The van der Waals surface area contributed by atoms with E-state index in [1.165, 1.54) is 0 Å². The highest BCUT2D eigenvalue weighted by Gasteiger charge is 2.08. The molecule has 0 atom stereocenters. The first-order valence-electron chi connectivity index (χ1n) is 5.60. The summed E-state index contributed by atoms with van der Waals surface area (Å²) in [5.41, 5.74) is 1.37. The molecule has 2 aromatic rings. The van der Waals surface area contributed by atoms with Crippen LogP contribution in [0.3, 0.4) is 0 Å². The number of aryl methyl sites for hydroxylation is 1. The molecule has 0 bridgehead atoms. The molecule has 0 aliphatic carbocycles. The highest BCUT2D eigenvalue weighted by atomic mass is 79.9. The molecule has 6 heteroatoms. The van der Waals surface area contributed by atoms with Gasteiger partial charge in [-0.1, -0.05) is 15.9 Å². The molecule has 0 aliphatic rings. The number of rotatable bonds is 4. The molecule has 2 aromatic heterocycles. The zero-order chi connectivity index (χ0) is 13.0. The highest BCUT2D eigenvalue weighted by Crippen LogP contribution is 2.09. The van der Waals surface area contributed by atoms with Crippen LogP contribution in [0.15, 0.2) is 35.2 Å². The third kappa shape index (κ3) is 3.16. The van der Waals surface area contributed by atoms with Crippen LogP contribution in [0.5, 0.6) is 0 Å². The van der Waals surface area contributed by atoms with Crippen molar-refractivity contribution in [2.45, 2.75) is 20.0 Å². The predicted octanol–water partition coefficient (Wildman–Crippen LogP) is 1.99. The predicted molar refractivity (Wildman–Crippen MR) is 71.0 cm³/mol. The molecule has 1 amide bonds. The van der Waals surface area contributed by atoms with Crippen molar-refractivity contribution in [1.29, 1.82) is 0 Å². The van der Waals surface area contributed by atoms with E-state index in [1.807, 2.05) is 19.1 Å². The number of aromatic nitrogens is 3. The van der Waals surface area contributed by atoms with Gasteiger partial charge >= 0.3 is 0 Å². The van der Waals surface area contributed by atoms with Gasteiger partial charge in [0, 0.05) is 23.4 Å². The minimum absolute atomic E-state index is 0.142. The molecule has 94 valence electrons. The van der Waals surface area contributed by atoms with Crippen LogP contribution in [-0.4, -0.2) is 20.7 Å². The molecule has 0 aliphatic heterocycles. The lowest BCUT2D eigenvalue weighted by Crippen LogP contribution is -2.22. The van der Waals surface area contributed by atoms with E-state index >= 15 is 0 Å². The molecule has 18 heavy (non-hydrogen) atoms. The lowest BCUT2D eigenvalue weighted by atomic mass is 10.3. The number of halogens is 1. The summed E-state index contributed by atoms with van der Waals surface area (Å²) in [6, 6.07) is 3.71. The summed E-state index contributed by atoms with van der Waals surface area (Å²) in [6.07, 6.45) is 4.98. The first kappa shape index (κ1) is 12.8. The molecule has 0 fully saturated rings. The second-order valence-electron chi connectivity index (χ2n) is 3.73. The van der Waals surface area contributed by atoms with Crippen molar-refractivity contribution < 1.29 is 4.79 Å². The van der Waals surface area contributed by atoms with E-state index in [-0.39, 0.29) is 5.91 Å². The van der Waals surface area contributed by atoms with Gasteiger partial charge in [-0.2, -0.15) is 5.10 Å². The van der Waals surface area contributed by atoms with Gasteiger partial charge in [-0.05, 0) is 19.1 Å². The molecule has 0 aromatic carbocycles. The molecule has 0 saturated heterocycles. The third-order valence-electron chi connectivity index (χ3n) is 2.43. The summed E-state index contributed by atoms with van der Waals surface area (Å²) in [7, 11) is 0. The fraction of sp³-hybridized carbons (Fsp3) is 0.250. The molecule has 0 spiro atoms. The van der Waals surface area contributed by atoms with Gasteiger partial charge in [0.15, 0.2) is 0 Å². The second kappa shape index (κ2) is 5.77. The van der Waals surface area contributed by atoms with Crippen LogP contribution in [0.25, 0.3) is 0 Å². The van der Waals surface area contributed by atoms with Crippen molar-refractivity contribution in [2.75, 3.05) is 0 Å². The minimum Gasteiger partial charge on any atom is -0.346 e. The van der Waals surface area contributed by atoms with Crippen LogP contribution in [-0.2, 0) is 13.1 Å². The summed E-state index contributed by atoms with van der Waals surface area (Å²) in [5, 5.41) is 6.86. The number of hydrogen-bond donors (Lipinski definition) is 1. The largest absolute Gasteiger partial charge is 0.346 e.